The van der Waals surface area contributed by atoms with Crippen molar-refractivity contribution in [2.45, 2.75) is 19.9 Å². The number of rotatable bonds is 8. The number of nitrogens with zero attached hydrogens (tertiary/aromatic N) is 1. The zero-order valence-corrected chi connectivity index (χ0v) is 13.2. The average molecular weight is 312 g/mol. The summed E-state index contributed by atoms with van der Waals surface area (Å²) < 4.78 is 0. The molecular formula is C15H22ClN3O2. The van der Waals surface area contributed by atoms with E-state index in [1.54, 1.807) is 0 Å². The first kappa shape index (κ1) is 17.5. The number of nitrogens with one attached hydrogen (secondary N) is 2. The highest BCUT2D eigenvalue weighted by Gasteiger charge is 2.10. The van der Waals surface area contributed by atoms with Crippen molar-refractivity contribution in [3.63, 3.8) is 0 Å². The fourth-order valence-electron chi connectivity index (χ4n) is 1.78. The third kappa shape index (κ3) is 7.11. The van der Waals surface area contributed by atoms with Crippen LogP contribution in [0.25, 0.3) is 0 Å². The predicted octanol–water partition coefficient (Wildman–Crippen LogP) is 1.41. The SMILES string of the molecule is CCCNC(=O)CNC(=O)CN(C)Cc1ccccc1Cl. The number of amides is 2. The highest BCUT2D eigenvalue weighted by Crippen LogP contribution is 2.16. The molecule has 0 aliphatic heterocycles. The van der Waals surface area contributed by atoms with E-state index in [1.807, 2.05) is 43.1 Å². The molecule has 1 aromatic rings. The molecule has 0 aliphatic carbocycles. The van der Waals surface area contributed by atoms with Crippen molar-refractivity contribution < 1.29 is 9.59 Å². The first-order chi connectivity index (χ1) is 10.0. The predicted molar refractivity (Wildman–Crippen MR) is 84.1 cm³/mol. The number of likely N-dealkylation sites (N-methyl/N-ethyl adjacent to an activating group) is 1. The number of halogens is 1. The van der Waals surface area contributed by atoms with Crippen molar-refractivity contribution in [1.82, 2.24) is 15.5 Å². The zero-order valence-electron chi connectivity index (χ0n) is 12.5. The molecule has 0 atom stereocenters. The Balaban J connectivity index is 2.31. The van der Waals surface area contributed by atoms with Crippen LogP contribution in [-0.2, 0) is 16.1 Å². The maximum atomic E-state index is 11.7. The molecule has 0 aliphatic rings. The molecule has 0 radical (unpaired) electrons. The second kappa shape index (κ2) is 9.37. The number of benzene rings is 1. The van der Waals surface area contributed by atoms with Gasteiger partial charge in [0, 0.05) is 18.1 Å². The van der Waals surface area contributed by atoms with E-state index < -0.39 is 0 Å². The molecule has 1 aromatic carbocycles. The van der Waals surface area contributed by atoms with Gasteiger partial charge >= 0.3 is 0 Å². The van der Waals surface area contributed by atoms with Crippen molar-refractivity contribution >= 4 is 23.4 Å². The van der Waals surface area contributed by atoms with Crippen LogP contribution in [0.3, 0.4) is 0 Å². The Morgan fingerprint density at radius 2 is 1.90 bits per heavy atom. The third-order valence-corrected chi connectivity index (χ3v) is 3.20. The van der Waals surface area contributed by atoms with E-state index in [0.717, 1.165) is 12.0 Å². The molecule has 0 heterocycles. The summed E-state index contributed by atoms with van der Waals surface area (Å²) >= 11 is 6.08. The molecule has 0 saturated carbocycles. The summed E-state index contributed by atoms with van der Waals surface area (Å²) in [4.78, 5) is 25.0. The lowest BCUT2D eigenvalue weighted by Crippen LogP contribution is -2.41. The summed E-state index contributed by atoms with van der Waals surface area (Å²) in [5, 5.41) is 5.98. The molecule has 1 rings (SSSR count). The minimum absolute atomic E-state index is 0.0127. The second-order valence-electron chi connectivity index (χ2n) is 4.89. The molecule has 6 heteroatoms. The fraction of sp³-hybridized carbons (Fsp3) is 0.467. The van der Waals surface area contributed by atoms with E-state index in [0.29, 0.717) is 18.1 Å². The van der Waals surface area contributed by atoms with Crippen LogP contribution in [0, 0.1) is 0 Å². The van der Waals surface area contributed by atoms with Gasteiger partial charge in [0.25, 0.3) is 0 Å². The van der Waals surface area contributed by atoms with Crippen LogP contribution in [0.1, 0.15) is 18.9 Å². The molecule has 0 spiro atoms. The van der Waals surface area contributed by atoms with Crippen molar-refractivity contribution in [3.8, 4) is 0 Å². The van der Waals surface area contributed by atoms with Gasteiger partial charge in [-0.25, -0.2) is 0 Å². The Morgan fingerprint density at radius 3 is 2.57 bits per heavy atom. The van der Waals surface area contributed by atoms with Gasteiger partial charge in [0.05, 0.1) is 13.1 Å². The Hall–Kier alpha value is -1.59. The lowest BCUT2D eigenvalue weighted by Gasteiger charge is -2.17. The van der Waals surface area contributed by atoms with E-state index >= 15 is 0 Å². The molecule has 116 valence electrons. The third-order valence-electron chi connectivity index (χ3n) is 2.83. The van der Waals surface area contributed by atoms with Crippen molar-refractivity contribution in [2.24, 2.45) is 0 Å². The van der Waals surface area contributed by atoms with Gasteiger partial charge < -0.3 is 10.6 Å². The quantitative estimate of drug-likeness (QED) is 0.763. The Kier molecular flexibility index (Phi) is 7.79. The lowest BCUT2D eigenvalue weighted by molar-refractivity contribution is -0.126. The molecule has 0 fully saturated rings. The average Bonchev–Trinajstić information content (AvgIpc) is 2.45. The van der Waals surface area contributed by atoms with E-state index in [2.05, 4.69) is 10.6 Å². The Bertz CT molecular complexity index is 480. The maximum absolute atomic E-state index is 11.7. The van der Waals surface area contributed by atoms with Gasteiger partial charge in [-0.15, -0.1) is 0 Å². The molecule has 0 saturated heterocycles. The molecule has 2 amide bonds. The Labute approximate surface area is 130 Å². The fourth-order valence-corrected chi connectivity index (χ4v) is 1.98. The van der Waals surface area contributed by atoms with Crippen LogP contribution >= 0.6 is 11.6 Å². The molecule has 0 aromatic heterocycles. The molecule has 0 bridgehead atoms. The number of carbonyl (C=O) groups excluding carboxylic acids is 2. The highest BCUT2D eigenvalue weighted by molar-refractivity contribution is 6.31. The highest BCUT2D eigenvalue weighted by atomic mass is 35.5. The maximum Gasteiger partial charge on any atom is 0.239 e. The van der Waals surface area contributed by atoms with Crippen LogP contribution in [0.15, 0.2) is 24.3 Å². The summed E-state index contributed by atoms with van der Waals surface area (Å²) in [6, 6.07) is 7.53. The minimum Gasteiger partial charge on any atom is -0.355 e. The summed E-state index contributed by atoms with van der Waals surface area (Å²) in [7, 11) is 1.83. The first-order valence-electron chi connectivity index (χ1n) is 6.98. The van der Waals surface area contributed by atoms with Crippen LogP contribution in [0.5, 0.6) is 0 Å². The van der Waals surface area contributed by atoms with Gasteiger partial charge in [0.2, 0.25) is 11.8 Å². The van der Waals surface area contributed by atoms with Gasteiger partial charge in [-0.3, -0.25) is 14.5 Å². The topological polar surface area (TPSA) is 61.4 Å². The largest absolute Gasteiger partial charge is 0.355 e. The molecule has 0 unspecified atom stereocenters. The standard InChI is InChI=1S/C15H22ClN3O2/c1-3-8-17-14(20)9-18-15(21)11-19(2)10-12-6-4-5-7-13(12)16/h4-7H,3,8-11H2,1-2H3,(H,17,20)(H,18,21). The van der Waals surface area contributed by atoms with E-state index in [1.165, 1.54) is 0 Å². The summed E-state index contributed by atoms with van der Waals surface area (Å²) in [5.41, 5.74) is 0.968. The van der Waals surface area contributed by atoms with E-state index in [4.69, 9.17) is 11.6 Å². The summed E-state index contributed by atoms with van der Waals surface area (Å²) in [5.74, 6) is -0.352. The van der Waals surface area contributed by atoms with Gasteiger partial charge in [-0.05, 0) is 25.1 Å². The van der Waals surface area contributed by atoms with Gasteiger partial charge in [0.15, 0.2) is 0 Å². The molecule has 2 N–H and O–H groups in total. The van der Waals surface area contributed by atoms with E-state index in [9.17, 15) is 9.59 Å². The number of hydrogen-bond acceptors (Lipinski definition) is 3. The van der Waals surface area contributed by atoms with Crippen LogP contribution < -0.4 is 10.6 Å². The van der Waals surface area contributed by atoms with E-state index in [-0.39, 0.29) is 24.9 Å². The van der Waals surface area contributed by atoms with Crippen LogP contribution in [0.4, 0.5) is 0 Å². The van der Waals surface area contributed by atoms with Crippen LogP contribution in [-0.4, -0.2) is 43.4 Å². The number of hydrogen-bond donors (Lipinski definition) is 2. The lowest BCUT2D eigenvalue weighted by atomic mass is 10.2. The summed E-state index contributed by atoms with van der Waals surface area (Å²) in [6.07, 6.45) is 0.875. The first-order valence-corrected chi connectivity index (χ1v) is 7.36. The van der Waals surface area contributed by atoms with Gasteiger partial charge in [0.1, 0.15) is 0 Å². The Morgan fingerprint density at radius 1 is 1.19 bits per heavy atom. The molecule has 21 heavy (non-hydrogen) atoms. The number of carbonyl (C=O) groups is 2. The molecule has 5 nitrogen and oxygen atoms in total. The summed E-state index contributed by atoms with van der Waals surface area (Å²) in [6.45, 7) is 3.41. The smallest absolute Gasteiger partial charge is 0.239 e. The second-order valence-corrected chi connectivity index (χ2v) is 5.30. The van der Waals surface area contributed by atoms with Gasteiger partial charge in [-0.2, -0.15) is 0 Å². The van der Waals surface area contributed by atoms with Gasteiger partial charge in [-0.1, -0.05) is 36.7 Å². The monoisotopic (exact) mass is 311 g/mol. The normalized spacial score (nSPS) is 10.5. The van der Waals surface area contributed by atoms with Crippen molar-refractivity contribution in [2.75, 3.05) is 26.7 Å². The van der Waals surface area contributed by atoms with Crippen molar-refractivity contribution in [1.29, 1.82) is 0 Å². The van der Waals surface area contributed by atoms with Crippen LogP contribution in [0.2, 0.25) is 5.02 Å². The zero-order chi connectivity index (χ0) is 15.7. The minimum atomic E-state index is -0.184. The van der Waals surface area contributed by atoms with Crippen molar-refractivity contribution in [3.05, 3.63) is 34.9 Å². The molecular weight excluding hydrogens is 290 g/mol.